The fraction of sp³-hybridized carbons (Fsp3) is 0.566. The summed E-state index contributed by atoms with van der Waals surface area (Å²) in [5.74, 6) is -8.88. The van der Waals surface area contributed by atoms with E-state index in [1.54, 1.807) is 47.8 Å². The lowest BCUT2D eigenvalue weighted by Gasteiger charge is -2.33. The van der Waals surface area contributed by atoms with Gasteiger partial charge in [0.15, 0.2) is 17.9 Å². The van der Waals surface area contributed by atoms with Crippen molar-refractivity contribution in [2.24, 2.45) is 55.1 Å². The van der Waals surface area contributed by atoms with Crippen LogP contribution in [0.15, 0.2) is 62.8 Å². The summed E-state index contributed by atoms with van der Waals surface area (Å²) in [7, 11) is 0. The van der Waals surface area contributed by atoms with Crippen LogP contribution in [0.4, 0.5) is 0 Å². The van der Waals surface area contributed by atoms with Gasteiger partial charge in [0, 0.05) is 57.0 Å². The first-order chi connectivity index (χ1) is 41.0. The molecule has 3 aliphatic heterocycles. The predicted octanol–water partition coefficient (Wildman–Crippen LogP) is -6.81. The van der Waals surface area contributed by atoms with Gasteiger partial charge < -0.3 is 102 Å². The molecule has 9 amide bonds. The first-order valence-electron chi connectivity index (χ1n) is 28.2. The third-order valence-electron chi connectivity index (χ3n) is 14.5. The summed E-state index contributed by atoms with van der Waals surface area (Å²) in [6.45, 7) is -1.26. The topological polar surface area (TPSA) is 533 Å². The van der Waals surface area contributed by atoms with Crippen molar-refractivity contribution < 1.29 is 63.3 Å². The van der Waals surface area contributed by atoms with Crippen LogP contribution in [0.25, 0.3) is 0 Å². The number of hydrogen-bond acceptors (Lipinski definition) is 17. The van der Waals surface area contributed by atoms with Gasteiger partial charge >= 0.3 is 5.97 Å². The summed E-state index contributed by atoms with van der Waals surface area (Å²) < 4.78 is 0. The van der Waals surface area contributed by atoms with Gasteiger partial charge in [-0.05, 0) is 81.2 Å². The minimum absolute atomic E-state index is 0.00594. The zero-order chi connectivity index (χ0) is 63.0. The van der Waals surface area contributed by atoms with Crippen LogP contribution in [-0.4, -0.2) is 220 Å². The molecule has 33 heteroatoms. The van der Waals surface area contributed by atoms with Gasteiger partial charge in [0.1, 0.15) is 48.3 Å². The Balaban J connectivity index is 1.21. The first-order valence-corrected chi connectivity index (χ1v) is 29.1. The number of amides is 9. The van der Waals surface area contributed by atoms with Crippen molar-refractivity contribution in [1.82, 2.24) is 46.6 Å². The molecule has 4 heterocycles. The molecule has 3 fully saturated rings. The number of carbonyl (C=O) groups excluding carboxylic acids is 9. The van der Waals surface area contributed by atoms with Crippen LogP contribution in [0.2, 0.25) is 0 Å². The average Bonchev–Trinajstić information content (AvgIpc) is 2.36. The number of nitrogens with one attached hydrogen (secondary N) is 6. The summed E-state index contributed by atoms with van der Waals surface area (Å²) in [6.07, 6.45) is 0.0998. The predicted molar refractivity (Wildman–Crippen MR) is 314 cm³/mol. The Kier molecular flexibility index (Phi) is 26.7. The van der Waals surface area contributed by atoms with Gasteiger partial charge in [-0.15, -0.1) is 11.3 Å². The van der Waals surface area contributed by atoms with Gasteiger partial charge in [-0.1, -0.05) is 36.4 Å². The second-order valence-corrected chi connectivity index (χ2v) is 21.9. The molecule has 0 radical (unpaired) electrons. The number of thiophene rings is 1. The molecule has 23 N–H and O–H groups in total. The summed E-state index contributed by atoms with van der Waals surface area (Å²) in [4.78, 5) is 153. The molecule has 86 heavy (non-hydrogen) atoms. The minimum Gasteiger partial charge on any atom is -0.480 e. The number of carboxylic acid groups (broad SMARTS) is 1. The van der Waals surface area contributed by atoms with Crippen molar-refractivity contribution in [3.05, 3.63) is 58.3 Å². The van der Waals surface area contributed by atoms with Crippen molar-refractivity contribution in [2.45, 2.75) is 138 Å². The minimum atomic E-state index is -1.67. The molecular formula is C53H81N19O13S. The number of hydrogen-bond donors (Lipinski definition) is 16. The number of guanidine groups is 3. The molecule has 0 saturated carbocycles. The highest BCUT2D eigenvalue weighted by Crippen LogP contribution is 2.27. The fourth-order valence-electron chi connectivity index (χ4n) is 10.2. The maximum atomic E-state index is 14.3. The number of rotatable bonds is 33. The standard InChI is InChI=1S/C53H81N19O13S/c54-31(12-4-18-61-51(55)56)42(76)66-32(13-5-19-62-52(57)58)47(81)70-21-7-15-37(70)49(83)72-23-17-39(74)41(72)46(80)64-27-40(75)65-35(26-30-11-8-24-86-30)43(77)69-36(28-73)44(78)67-33-16-22-71(48(33)82)38(25-29-9-2-1-3-10-29)45(79)68-34(50(84)85)14-6-20-63-53(59)60/h1-3,8-11,24,31-39,41,73-74H,4-7,12-23,25-28,54H2,(H,64,80)(H,65,75)(H,66,76)(H,67,78)(H,68,79)(H,69,77)(H,84,85)(H4,55,56,61)(H4,57,58,62)(H4,59,60,63)/t31-,32+,33-,34?,35+,36+,37+,38+,39-,41+/m1/s1. The van der Waals surface area contributed by atoms with Crippen molar-refractivity contribution >= 4 is 88.3 Å². The van der Waals surface area contributed by atoms with E-state index >= 15 is 0 Å². The molecule has 0 spiro atoms. The second kappa shape index (κ2) is 33.7. The summed E-state index contributed by atoms with van der Waals surface area (Å²) in [5, 5.41) is 48.2. The number of aliphatic carboxylic acids is 1. The van der Waals surface area contributed by atoms with Crippen molar-refractivity contribution in [3.8, 4) is 0 Å². The number of benzene rings is 1. The number of carboxylic acids is 1. The fourth-order valence-corrected chi connectivity index (χ4v) is 10.9. The number of aliphatic imine (C=N–C) groups is 3. The normalized spacial score (nSPS) is 19.3. The van der Waals surface area contributed by atoms with Crippen LogP contribution in [0.1, 0.15) is 74.6 Å². The summed E-state index contributed by atoms with van der Waals surface area (Å²) in [6, 6.07) is 0.391. The van der Waals surface area contributed by atoms with E-state index in [2.05, 4.69) is 46.9 Å². The van der Waals surface area contributed by atoms with Crippen LogP contribution in [-0.2, 0) is 60.8 Å². The molecule has 32 nitrogen and oxygen atoms in total. The molecule has 472 valence electrons. The number of aliphatic hydroxyl groups is 2. The third kappa shape index (κ3) is 20.5. The zero-order valence-electron chi connectivity index (χ0n) is 47.6. The smallest absolute Gasteiger partial charge is 0.326 e. The van der Waals surface area contributed by atoms with Crippen LogP contribution in [0.3, 0.4) is 0 Å². The van der Waals surface area contributed by atoms with Crippen molar-refractivity contribution in [1.29, 1.82) is 0 Å². The Bertz CT molecular complexity index is 2760. The van der Waals surface area contributed by atoms with Gasteiger partial charge in [-0.3, -0.25) is 58.1 Å². The SMILES string of the molecule is NC(N)=NCCCC(NC(=O)[C@H](Cc1ccccc1)N1CC[C@@H](NC(=O)[C@H](CO)NC(=O)[C@H](Cc2cccs2)NC(=O)CNC(=O)[C@@H]2[C@H](O)CCN2C(=O)[C@@H]2CCCN2C(=O)[C@H](CCCN=C(N)N)NC(=O)[C@H](N)CCCN=C(N)N)C1=O)C(=O)O. The van der Waals surface area contributed by atoms with E-state index in [-0.39, 0.29) is 121 Å². The Hall–Kier alpha value is -8.69. The van der Waals surface area contributed by atoms with E-state index in [9.17, 15) is 63.3 Å². The third-order valence-corrected chi connectivity index (χ3v) is 15.4. The molecule has 0 bridgehead atoms. The Morgan fingerprint density at radius 3 is 1.88 bits per heavy atom. The number of likely N-dealkylation sites (tertiary alicyclic amines) is 3. The number of carbonyl (C=O) groups is 10. The maximum Gasteiger partial charge on any atom is 0.326 e. The summed E-state index contributed by atoms with van der Waals surface area (Å²) in [5.41, 5.74) is 39.3. The number of nitrogens with zero attached hydrogens (tertiary/aromatic N) is 6. The number of nitrogens with two attached hydrogens (primary N) is 7. The van der Waals surface area contributed by atoms with E-state index in [4.69, 9.17) is 40.1 Å². The highest BCUT2D eigenvalue weighted by Gasteiger charge is 2.47. The molecule has 1 unspecified atom stereocenters. The molecular weight excluding hydrogens is 1140 g/mol. The van der Waals surface area contributed by atoms with Crippen LogP contribution >= 0.6 is 11.3 Å². The monoisotopic (exact) mass is 1220 g/mol. The van der Waals surface area contributed by atoms with Gasteiger partial charge in [0.2, 0.25) is 53.2 Å². The molecule has 2 aromatic rings. The molecule has 1 aromatic heterocycles. The van der Waals surface area contributed by atoms with Crippen molar-refractivity contribution in [2.75, 3.05) is 52.4 Å². The van der Waals surface area contributed by atoms with Crippen LogP contribution < -0.4 is 72.0 Å². The van der Waals surface area contributed by atoms with Crippen LogP contribution in [0.5, 0.6) is 0 Å². The second-order valence-electron chi connectivity index (χ2n) is 20.9. The quantitative estimate of drug-likeness (QED) is 0.0179. The number of aliphatic hydroxyl groups excluding tert-OH is 2. The lowest BCUT2D eigenvalue weighted by Crippen LogP contribution is -2.59. The average molecular weight is 1220 g/mol. The van der Waals surface area contributed by atoms with E-state index in [1.807, 2.05) is 0 Å². The van der Waals surface area contributed by atoms with Crippen LogP contribution in [0, 0.1) is 0 Å². The van der Waals surface area contributed by atoms with E-state index in [0.29, 0.717) is 23.3 Å². The molecule has 5 rings (SSSR count). The molecule has 10 atom stereocenters. The van der Waals surface area contributed by atoms with E-state index < -0.39 is 133 Å². The van der Waals surface area contributed by atoms with Gasteiger partial charge in [-0.2, -0.15) is 0 Å². The first kappa shape index (κ1) is 68.1. The highest BCUT2D eigenvalue weighted by atomic mass is 32.1. The molecule has 1 aromatic carbocycles. The van der Waals surface area contributed by atoms with Gasteiger partial charge in [-0.25, -0.2) is 4.79 Å². The van der Waals surface area contributed by atoms with Crippen molar-refractivity contribution in [3.63, 3.8) is 0 Å². The van der Waals surface area contributed by atoms with Gasteiger partial charge in [0.25, 0.3) is 0 Å². The van der Waals surface area contributed by atoms with Gasteiger partial charge in [0.05, 0.1) is 25.3 Å². The molecule has 3 aliphatic rings. The Morgan fingerprint density at radius 1 is 0.663 bits per heavy atom. The van der Waals surface area contributed by atoms with E-state index in [1.165, 1.54) is 21.1 Å². The molecule has 0 aliphatic carbocycles. The Morgan fingerprint density at radius 2 is 1.28 bits per heavy atom. The van der Waals surface area contributed by atoms with E-state index in [0.717, 1.165) is 4.90 Å². The lowest BCUT2D eigenvalue weighted by atomic mass is 10.0. The largest absolute Gasteiger partial charge is 0.480 e. The maximum absolute atomic E-state index is 14.3. The molecule has 3 saturated heterocycles. The highest BCUT2D eigenvalue weighted by molar-refractivity contribution is 7.09. The Labute approximate surface area is 499 Å². The summed E-state index contributed by atoms with van der Waals surface area (Å²) >= 11 is 1.25. The lowest BCUT2D eigenvalue weighted by molar-refractivity contribution is -0.149. The zero-order valence-corrected chi connectivity index (χ0v) is 48.4.